The number of hydrogen-bond acceptors (Lipinski definition) is 3. The van der Waals surface area contributed by atoms with Crippen molar-refractivity contribution in [2.45, 2.75) is 26.0 Å². The minimum Gasteiger partial charge on any atom is -0.332 e. The van der Waals surface area contributed by atoms with Crippen molar-refractivity contribution >= 4 is 57.2 Å². The second-order valence-electron chi connectivity index (χ2n) is 6.06. The summed E-state index contributed by atoms with van der Waals surface area (Å²) in [7, 11) is 0. The van der Waals surface area contributed by atoms with Crippen LogP contribution in [0, 0.1) is 13.8 Å². The van der Waals surface area contributed by atoms with Crippen molar-refractivity contribution in [3.05, 3.63) is 58.6 Å². The van der Waals surface area contributed by atoms with Gasteiger partial charge in [0.05, 0.1) is 5.69 Å². The lowest BCUT2D eigenvalue weighted by Crippen LogP contribution is -2.36. The van der Waals surface area contributed by atoms with Crippen LogP contribution in [0.3, 0.4) is 0 Å². The maximum absolute atomic E-state index is 6.21. The molecule has 0 aromatic heterocycles. The van der Waals surface area contributed by atoms with Crippen LogP contribution < -0.4 is 5.32 Å². The van der Waals surface area contributed by atoms with Crippen molar-refractivity contribution in [3.8, 4) is 0 Å². The number of benzene rings is 2. The van der Waals surface area contributed by atoms with E-state index in [-0.39, 0.29) is 0 Å². The molecule has 1 aliphatic heterocycles. The summed E-state index contributed by atoms with van der Waals surface area (Å²) in [6.45, 7) is 7.07. The lowest BCUT2D eigenvalue weighted by molar-refractivity contribution is 0.641. The van der Waals surface area contributed by atoms with Gasteiger partial charge in [0.1, 0.15) is 0 Å². The van der Waals surface area contributed by atoms with E-state index in [1.807, 2.05) is 43.3 Å². The Hall–Kier alpha value is -1.56. The first kappa shape index (κ1) is 18.2. The maximum Gasteiger partial charge on any atom is 0.179 e. The second-order valence-corrected chi connectivity index (χ2v) is 8.26. The molecule has 1 fully saturated rings. The number of anilines is 1. The Morgan fingerprint density at radius 3 is 2.76 bits per heavy atom. The van der Waals surface area contributed by atoms with Gasteiger partial charge >= 0.3 is 0 Å². The first-order chi connectivity index (χ1) is 12.0. The Kier molecular flexibility index (Phi) is 5.67. The third kappa shape index (κ3) is 4.17. The molecular formula is C19H20ClN3S2. The highest BCUT2D eigenvalue weighted by Gasteiger charge is 2.29. The van der Waals surface area contributed by atoms with Gasteiger partial charge in [-0.25, -0.2) is 4.99 Å². The minimum absolute atomic E-state index is 0.433. The average Bonchev–Trinajstić information content (AvgIpc) is 2.94. The highest BCUT2D eigenvalue weighted by molar-refractivity contribution is 8.14. The van der Waals surface area contributed by atoms with E-state index >= 15 is 0 Å². The van der Waals surface area contributed by atoms with Crippen LogP contribution >= 0.6 is 35.6 Å². The summed E-state index contributed by atoms with van der Waals surface area (Å²) >= 11 is 13.6. The van der Waals surface area contributed by atoms with Gasteiger partial charge in [-0.3, -0.25) is 4.90 Å². The Morgan fingerprint density at radius 2 is 2.00 bits per heavy atom. The molecule has 3 nitrogen and oxygen atoms in total. The van der Waals surface area contributed by atoms with Crippen molar-refractivity contribution in [2.24, 2.45) is 4.99 Å². The van der Waals surface area contributed by atoms with E-state index in [9.17, 15) is 0 Å². The first-order valence-electron chi connectivity index (χ1n) is 8.10. The summed E-state index contributed by atoms with van der Waals surface area (Å²) in [6, 6.07) is 13.9. The fourth-order valence-electron chi connectivity index (χ4n) is 2.59. The number of para-hydroxylation sites is 1. The van der Waals surface area contributed by atoms with E-state index < -0.39 is 0 Å². The zero-order chi connectivity index (χ0) is 18.0. The molecule has 0 bridgehead atoms. The molecule has 0 radical (unpaired) electrons. The molecule has 1 N–H and O–H groups in total. The molecule has 130 valence electrons. The molecule has 0 spiro atoms. The van der Waals surface area contributed by atoms with Gasteiger partial charge in [-0.05, 0) is 55.4 Å². The van der Waals surface area contributed by atoms with Crippen molar-refractivity contribution < 1.29 is 0 Å². The highest BCUT2D eigenvalue weighted by Crippen LogP contribution is 2.30. The van der Waals surface area contributed by atoms with Gasteiger partial charge in [0, 0.05) is 22.5 Å². The molecule has 3 rings (SSSR count). The maximum atomic E-state index is 6.21. The van der Waals surface area contributed by atoms with Gasteiger partial charge in [-0.2, -0.15) is 0 Å². The molecule has 1 heterocycles. The van der Waals surface area contributed by atoms with E-state index in [1.165, 1.54) is 0 Å². The van der Waals surface area contributed by atoms with Gasteiger partial charge in [0.25, 0.3) is 0 Å². The van der Waals surface area contributed by atoms with Gasteiger partial charge in [-0.15, -0.1) is 0 Å². The van der Waals surface area contributed by atoms with Crippen LogP contribution in [0.4, 0.5) is 11.4 Å². The summed E-state index contributed by atoms with van der Waals surface area (Å²) in [5.41, 5.74) is 4.05. The lowest BCUT2D eigenvalue weighted by atomic mass is 10.2. The quantitative estimate of drug-likeness (QED) is 0.659. The van der Waals surface area contributed by atoms with E-state index in [2.05, 4.69) is 30.1 Å². The second kappa shape index (κ2) is 7.77. The van der Waals surface area contributed by atoms with Crippen LogP contribution in [-0.2, 0) is 0 Å². The summed E-state index contributed by atoms with van der Waals surface area (Å²) in [5.74, 6) is 0. The number of aliphatic imine (C=N–C) groups is 1. The van der Waals surface area contributed by atoms with Crippen molar-refractivity contribution in [2.75, 3.05) is 11.9 Å². The minimum atomic E-state index is 0.433. The van der Waals surface area contributed by atoms with E-state index in [1.54, 1.807) is 11.8 Å². The molecule has 25 heavy (non-hydrogen) atoms. The SMILES string of the molecule is Cc1ccccc1/N=C1/SC(C)CN1C(=S)Nc1cccc(Cl)c1C. The van der Waals surface area contributed by atoms with Crippen LogP contribution in [-0.4, -0.2) is 27.0 Å². The number of nitrogens with one attached hydrogen (secondary N) is 1. The fraction of sp³-hybridized carbons (Fsp3) is 0.263. The third-order valence-corrected chi connectivity index (χ3v) is 5.87. The van der Waals surface area contributed by atoms with Crippen LogP contribution in [0.1, 0.15) is 18.1 Å². The van der Waals surface area contributed by atoms with Gasteiger partial charge in [-0.1, -0.05) is 54.6 Å². The third-order valence-electron chi connectivity index (χ3n) is 4.06. The van der Waals surface area contributed by atoms with Crippen LogP contribution in [0.25, 0.3) is 0 Å². The van der Waals surface area contributed by atoms with E-state index in [0.717, 1.165) is 39.2 Å². The summed E-state index contributed by atoms with van der Waals surface area (Å²) in [6.07, 6.45) is 0. The lowest BCUT2D eigenvalue weighted by Gasteiger charge is -2.21. The largest absolute Gasteiger partial charge is 0.332 e. The molecular weight excluding hydrogens is 370 g/mol. The number of aryl methyl sites for hydroxylation is 1. The van der Waals surface area contributed by atoms with Crippen LogP contribution in [0.2, 0.25) is 5.02 Å². The summed E-state index contributed by atoms with van der Waals surface area (Å²) in [4.78, 5) is 6.91. The normalized spacial score (nSPS) is 18.6. The monoisotopic (exact) mass is 389 g/mol. The fourth-order valence-corrected chi connectivity index (χ4v) is 4.12. The molecule has 1 unspecified atom stereocenters. The Bertz CT molecular complexity index is 835. The Labute approximate surface area is 163 Å². The molecule has 0 saturated carbocycles. The zero-order valence-corrected chi connectivity index (χ0v) is 16.8. The van der Waals surface area contributed by atoms with Gasteiger partial charge in [0.15, 0.2) is 10.3 Å². The number of thioether (sulfide) groups is 1. The van der Waals surface area contributed by atoms with Gasteiger partial charge < -0.3 is 5.32 Å². The molecule has 1 atom stereocenters. The molecule has 2 aromatic rings. The Balaban J connectivity index is 1.85. The van der Waals surface area contributed by atoms with Crippen LogP contribution in [0.5, 0.6) is 0 Å². The molecule has 0 amide bonds. The predicted molar refractivity (Wildman–Crippen MR) is 114 cm³/mol. The van der Waals surface area contributed by atoms with Crippen molar-refractivity contribution in [3.63, 3.8) is 0 Å². The molecule has 0 aliphatic carbocycles. The number of thiocarbonyl (C=S) groups is 1. The summed E-state index contributed by atoms with van der Waals surface area (Å²) in [5, 5.41) is 6.06. The highest BCUT2D eigenvalue weighted by atomic mass is 35.5. The smallest absolute Gasteiger partial charge is 0.179 e. The number of hydrogen-bond donors (Lipinski definition) is 1. The number of nitrogens with zero attached hydrogens (tertiary/aromatic N) is 2. The van der Waals surface area contributed by atoms with E-state index in [0.29, 0.717) is 10.4 Å². The number of halogens is 1. The molecule has 6 heteroatoms. The average molecular weight is 390 g/mol. The number of amidine groups is 1. The number of rotatable bonds is 2. The van der Waals surface area contributed by atoms with Crippen molar-refractivity contribution in [1.82, 2.24) is 4.90 Å². The zero-order valence-electron chi connectivity index (χ0n) is 14.4. The van der Waals surface area contributed by atoms with Crippen LogP contribution in [0.15, 0.2) is 47.5 Å². The standard InChI is InChI=1S/C19H20ClN3S2/c1-12-7-4-5-9-16(12)22-19-23(11-13(2)25-19)18(24)21-17-10-6-8-15(20)14(17)3/h4-10,13H,11H2,1-3H3,(H,21,24)/b22-19+. The molecule has 2 aromatic carbocycles. The first-order valence-corrected chi connectivity index (χ1v) is 9.77. The van der Waals surface area contributed by atoms with Gasteiger partial charge in [0.2, 0.25) is 0 Å². The Morgan fingerprint density at radius 1 is 1.24 bits per heavy atom. The predicted octanol–water partition coefficient (Wildman–Crippen LogP) is 5.78. The topological polar surface area (TPSA) is 27.6 Å². The van der Waals surface area contributed by atoms with E-state index in [4.69, 9.17) is 28.8 Å². The molecule has 1 aliphatic rings. The molecule has 1 saturated heterocycles. The van der Waals surface area contributed by atoms with Crippen molar-refractivity contribution in [1.29, 1.82) is 0 Å². The summed E-state index contributed by atoms with van der Waals surface area (Å²) < 4.78 is 0.